The highest BCUT2D eigenvalue weighted by Gasteiger charge is 2.18. The van der Waals surface area contributed by atoms with Crippen molar-refractivity contribution in [2.24, 2.45) is 0 Å². The van der Waals surface area contributed by atoms with Crippen LogP contribution in [0.4, 0.5) is 5.69 Å². The highest BCUT2D eigenvalue weighted by atomic mass is 16.5. The number of amides is 2. The summed E-state index contributed by atoms with van der Waals surface area (Å²) >= 11 is 0. The van der Waals surface area contributed by atoms with Crippen molar-refractivity contribution in [1.82, 2.24) is 5.32 Å². The number of benzene rings is 2. The lowest BCUT2D eigenvalue weighted by Crippen LogP contribution is -2.32. The SMILES string of the molecule is COc1ccc(OCC(=O)Nc2ccccc2C(=O)NCC2CCCO2)cc1. The number of rotatable bonds is 8. The van der Waals surface area contributed by atoms with Gasteiger partial charge in [-0.25, -0.2) is 0 Å². The van der Waals surface area contributed by atoms with Gasteiger partial charge in [-0.2, -0.15) is 0 Å². The summed E-state index contributed by atoms with van der Waals surface area (Å²) in [6.07, 6.45) is 2.02. The number of carbonyl (C=O) groups is 2. The minimum atomic E-state index is -0.352. The van der Waals surface area contributed by atoms with E-state index in [1.54, 1.807) is 55.6 Å². The zero-order chi connectivity index (χ0) is 19.8. The molecule has 0 aromatic heterocycles. The lowest BCUT2D eigenvalue weighted by Gasteiger charge is -2.14. The first-order valence-electron chi connectivity index (χ1n) is 9.21. The predicted octanol–water partition coefficient (Wildman–Crippen LogP) is 2.62. The second-order valence-corrected chi connectivity index (χ2v) is 6.40. The molecule has 1 atom stereocenters. The Morgan fingerprint density at radius 1 is 1.11 bits per heavy atom. The fourth-order valence-electron chi connectivity index (χ4n) is 2.90. The fourth-order valence-corrected chi connectivity index (χ4v) is 2.90. The molecule has 3 rings (SSSR count). The molecule has 1 aliphatic rings. The number of para-hydroxylation sites is 1. The minimum absolute atomic E-state index is 0.0589. The van der Waals surface area contributed by atoms with E-state index in [0.29, 0.717) is 29.3 Å². The molecule has 2 aromatic rings. The van der Waals surface area contributed by atoms with E-state index in [0.717, 1.165) is 19.4 Å². The Hall–Kier alpha value is -3.06. The first-order chi connectivity index (χ1) is 13.7. The number of anilines is 1. The lowest BCUT2D eigenvalue weighted by molar-refractivity contribution is -0.118. The maximum atomic E-state index is 12.5. The van der Waals surface area contributed by atoms with E-state index in [4.69, 9.17) is 14.2 Å². The fraction of sp³-hybridized carbons (Fsp3) is 0.333. The largest absolute Gasteiger partial charge is 0.497 e. The molecule has 1 fully saturated rings. The number of hydrogen-bond donors (Lipinski definition) is 2. The number of carbonyl (C=O) groups excluding carboxylic acids is 2. The Balaban J connectivity index is 1.54. The molecule has 0 aliphatic carbocycles. The van der Waals surface area contributed by atoms with Crippen LogP contribution < -0.4 is 20.1 Å². The summed E-state index contributed by atoms with van der Waals surface area (Å²) in [5, 5.41) is 5.60. The van der Waals surface area contributed by atoms with Crippen LogP contribution in [0.3, 0.4) is 0 Å². The van der Waals surface area contributed by atoms with Gasteiger partial charge >= 0.3 is 0 Å². The zero-order valence-corrected chi connectivity index (χ0v) is 15.8. The van der Waals surface area contributed by atoms with Crippen molar-refractivity contribution in [2.45, 2.75) is 18.9 Å². The van der Waals surface area contributed by atoms with Gasteiger partial charge in [0.1, 0.15) is 11.5 Å². The Kier molecular flexibility index (Phi) is 6.86. The molecule has 1 saturated heterocycles. The van der Waals surface area contributed by atoms with Gasteiger partial charge in [-0.05, 0) is 49.2 Å². The normalized spacial score (nSPS) is 15.7. The number of methoxy groups -OCH3 is 1. The first kappa shape index (κ1) is 19.7. The summed E-state index contributed by atoms with van der Waals surface area (Å²) in [6, 6.07) is 13.8. The molecule has 1 unspecified atom stereocenters. The van der Waals surface area contributed by atoms with E-state index < -0.39 is 0 Å². The highest BCUT2D eigenvalue weighted by molar-refractivity contribution is 6.04. The van der Waals surface area contributed by atoms with Gasteiger partial charge in [-0.1, -0.05) is 12.1 Å². The van der Waals surface area contributed by atoms with Crippen LogP contribution in [0.5, 0.6) is 11.5 Å². The molecular weight excluding hydrogens is 360 g/mol. The molecule has 0 radical (unpaired) electrons. The van der Waals surface area contributed by atoms with Crippen LogP contribution in [0.2, 0.25) is 0 Å². The predicted molar refractivity (Wildman–Crippen MR) is 105 cm³/mol. The quantitative estimate of drug-likeness (QED) is 0.731. The van der Waals surface area contributed by atoms with Gasteiger partial charge in [-0.3, -0.25) is 9.59 Å². The maximum absolute atomic E-state index is 12.5. The summed E-state index contributed by atoms with van der Waals surface area (Å²) in [5.41, 5.74) is 0.842. The Morgan fingerprint density at radius 2 is 1.86 bits per heavy atom. The van der Waals surface area contributed by atoms with Crippen molar-refractivity contribution in [3.05, 3.63) is 54.1 Å². The van der Waals surface area contributed by atoms with Gasteiger partial charge in [0.25, 0.3) is 11.8 Å². The van der Waals surface area contributed by atoms with Crippen molar-refractivity contribution in [2.75, 3.05) is 32.2 Å². The standard InChI is InChI=1S/C21H24N2O5/c1-26-15-8-10-16(11-9-15)28-14-20(24)23-19-7-3-2-6-18(19)21(25)22-13-17-5-4-12-27-17/h2-3,6-11,17H,4-5,12-14H2,1H3,(H,22,25)(H,23,24). The van der Waals surface area contributed by atoms with Crippen molar-refractivity contribution >= 4 is 17.5 Å². The third kappa shape index (κ3) is 5.47. The summed E-state index contributed by atoms with van der Waals surface area (Å²) in [4.78, 5) is 24.7. The van der Waals surface area contributed by atoms with Crippen molar-refractivity contribution in [3.63, 3.8) is 0 Å². The minimum Gasteiger partial charge on any atom is -0.497 e. The number of nitrogens with one attached hydrogen (secondary N) is 2. The average Bonchev–Trinajstić information content (AvgIpc) is 3.25. The molecule has 0 spiro atoms. The third-order valence-electron chi connectivity index (χ3n) is 4.39. The van der Waals surface area contributed by atoms with Gasteiger partial charge in [-0.15, -0.1) is 0 Å². The second-order valence-electron chi connectivity index (χ2n) is 6.40. The molecule has 1 aliphatic heterocycles. The van der Waals surface area contributed by atoms with Crippen molar-refractivity contribution in [3.8, 4) is 11.5 Å². The van der Waals surface area contributed by atoms with Gasteiger partial charge in [0, 0.05) is 13.2 Å². The van der Waals surface area contributed by atoms with Crippen LogP contribution in [0.1, 0.15) is 23.2 Å². The molecule has 1 heterocycles. The molecule has 7 nitrogen and oxygen atoms in total. The van der Waals surface area contributed by atoms with Crippen LogP contribution in [0.15, 0.2) is 48.5 Å². The second kappa shape index (κ2) is 9.75. The maximum Gasteiger partial charge on any atom is 0.262 e. The number of hydrogen-bond acceptors (Lipinski definition) is 5. The smallest absolute Gasteiger partial charge is 0.262 e. The Morgan fingerprint density at radius 3 is 2.57 bits per heavy atom. The average molecular weight is 384 g/mol. The van der Waals surface area contributed by atoms with E-state index in [1.807, 2.05) is 0 Å². The lowest BCUT2D eigenvalue weighted by atomic mass is 10.1. The van der Waals surface area contributed by atoms with E-state index in [-0.39, 0.29) is 24.5 Å². The molecule has 7 heteroatoms. The summed E-state index contributed by atoms with van der Waals surface area (Å²) in [7, 11) is 1.58. The molecule has 148 valence electrons. The van der Waals surface area contributed by atoms with E-state index in [9.17, 15) is 9.59 Å². The van der Waals surface area contributed by atoms with Gasteiger partial charge in [0.2, 0.25) is 0 Å². The van der Waals surface area contributed by atoms with Gasteiger partial charge in [0.15, 0.2) is 6.61 Å². The molecule has 0 saturated carbocycles. The van der Waals surface area contributed by atoms with E-state index >= 15 is 0 Å². The molecule has 2 aromatic carbocycles. The van der Waals surface area contributed by atoms with Crippen molar-refractivity contribution in [1.29, 1.82) is 0 Å². The highest BCUT2D eigenvalue weighted by Crippen LogP contribution is 2.18. The monoisotopic (exact) mass is 384 g/mol. The zero-order valence-electron chi connectivity index (χ0n) is 15.8. The van der Waals surface area contributed by atoms with Crippen LogP contribution in [-0.4, -0.2) is 44.8 Å². The molecular formula is C21H24N2O5. The van der Waals surface area contributed by atoms with Crippen LogP contribution in [0.25, 0.3) is 0 Å². The first-order valence-corrected chi connectivity index (χ1v) is 9.21. The molecule has 2 N–H and O–H groups in total. The van der Waals surface area contributed by atoms with Crippen LogP contribution in [0, 0.1) is 0 Å². The topological polar surface area (TPSA) is 85.9 Å². The molecule has 0 bridgehead atoms. The van der Waals surface area contributed by atoms with E-state index in [1.165, 1.54) is 0 Å². The van der Waals surface area contributed by atoms with E-state index in [2.05, 4.69) is 10.6 Å². The Bertz CT molecular complexity index is 801. The van der Waals surface area contributed by atoms with Crippen LogP contribution in [-0.2, 0) is 9.53 Å². The summed E-state index contributed by atoms with van der Waals surface area (Å²) in [6.45, 7) is 1.03. The van der Waals surface area contributed by atoms with Gasteiger partial charge < -0.3 is 24.8 Å². The summed E-state index contributed by atoms with van der Waals surface area (Å²) < 4.78 is 16.1. The number of ether oxygens (including phenoxy) is 3. The molecule has 28 heavy (non-hydrogen) atoms. The third-order valence-corrected chi connectivity index (χ3v) is 4.39. The Labute approximate surface area is 164 Å². The van der Waals surface area contributed by atoms with Crippen LogP contribution >= 0.6 is 0 Å². The van der Waals surface area contributed by atoms with Crippen molar-refractivity contribution < 1.29 is 23.8 Å². The van der Waals surface area contributed by atoms with Gasteiger partial charge in [0.05, 0.1) is 24.5 Å². The molecule has 2 amide bonds. The summed E-state index contributed by atoms with van der Waals surface area (Å²) in [5.74, 6) is 0.663.